The minimum Gasteiger partial charge on any atom is -0.507 e. The molecule has 0 saturated heterocycles. The number of benzene rings is 2. The molecule has 0 saturated carbocycles. The summed E-state index contributed by atoms with van der Waals surface area (Å²) in [6, 6.07) is 6.62. The molecule has 1 aliphatic heterocycles. The summed E-state index contributed by atoms with van der Waals surface area (Å²) in [7, 11) is 6.58. The number of ketones is 1. The normalized spacial score (nSPS) is 14.0. The highest BCUT2D eigenvalue weighted by atomic mass is 16.5. The molecule has 0 bridgehead atoms. The molecule has 1 heterocycles. The van der Waals surface area contributed by atoms with Crippen molar-refractivity contribution in [2.45, 2.75) is 26.3 Å². The summed E-state index contributed by atoms with van der Waals surface area (Å²) in [5.74, 6) is 1.89. The maximum absolute atomic E-state index is 13.0. The Balaban J connectivity index is 1.96. The molecule has 1 N–H and O–H groups in total. The molecule has 2 aromatic carbocycles. The summed E-state index contributed by atoms with van der Waals surface area (Å²) in [4.78, 5) is 15.1. The Hall–Kier alpha value is -3.19. The van der Waals surface area contributed by atoms with Gasteiger partial charge in [-0.3, -0.25) is 4.79 Å². The molecule has 0 unspecified atom stereocenters. The lowest BCUT2D eigenvalue weighted by molar-refractivity contribution is 0.101. The first-order chi connectivity index (χ1) is 14.9. The van der Waals surface area contributed by atoms with Crippen molar-refractivity contribution in [2.75, 3.05) is 34.9 Å². The van der Waals surface area contributed by atoms with Crippen LogP contribution in [0.3, 0.4) is 0 Å². The minimum absolute atomic E-state index is 0.115. The van der Waals surface area contributed by atoms with Crippen molar-refractivity contribution in [1.82, 2.24) is 4.90 Å². The third-order valence-electron chi connectivity index (χ3n) is 5.22. The van der Waals surface area contributed by atoms with E-state index in [0.29, 0.717) is 46.2 Å². The average Bonchev–Trinajstić information content (AvgIpc) is 3.08. The predicted molar refractivity (Wildman–Crippen MR) is 118 cm³/mol. The highest BCUT2D eigenvalue weighted by Gasteiger charge is 2.31. The molecule has 31 heavy (non-hydrogen) atoms. The van der Waals surface area contributed by atoms with Crippen molar-refractivity contribution in [1.29, 1.82) is 0 Å². The zero-order chi connectivity index (χ0) is 22.5. The van der Waals surface area contributed by atoms with Crippen molar-refractivity contribution in [3.63, 3.8) is 0 Å². The Bertz CT molecular complexity index is 973. The largest absolute Gasteiger partial charge is 0.507 e. The molecule has 166 valence electrons. The smallest absolute Gasteiger partial charge is 0.231 e. The van der Waals surface area contributed by atoms with Gasteiger partial charge >= 0.3 is 0 Å². The second kappa shape index (κ2) is 9.75. The zero-order valence-corrected chi connectivity index (χ0v) is 18.7. The summed E-state index contributed by atoms with van der Waals surface area (Å²) in [5.41, 5.74) is 1.71. The Kier molecular flexibility index (Phi) is 7.07. The second-order valence-electron chi connectivity index (χ2n) is 7.43. The van der Waals surface area contributed by atoms with Crippen molar-refractivity contribution in [2.24, 2.45) is 0 Å². The van der Waals surface area contributed by atoms with E-state index < -0.39 is 0 Å². The third kappa shape index (κ3) is 4.61. The Morgan fingerprint density at radius 3 is 2.35 bits per heavy atom. The van der Waals surface area contributed by atoms with Crippen LogP contribution in [0.4, 0.5) is 0 Å². The second-order valence-corrected chi connectivity index (χ2v) is 7.43. The van der Waals surface area contributed by atoms with Crippen LogP contribution in [0, 0.1) is 0 Å². The summed E-state index contributed by atoms with van der Waals surface area (Å²) < 4.78 is 22.1. The number of ether oxygens (including phenoxy) is 4. The fourth-order valence-electron chi connectivity index (χ4n) is 3.56. The van der Waals surface area contributed by atoms with E-state index in [0.717, 1.165) is 19.4 Å². The van der Waals surface area contributed by atoms with Crippen LogP contribution in [0.25, 0.3) is 6.08 Å². The van der Waals surface area contributed by atoms with E-state index in [4.69, 9.17) is 18.9 Å². The molecule has 0 amide bonds. The molecule has 0 spiro atoms. The first-order valence-corrected chi connectivity index (χ1v) is 10.2. The zero-order valence-electron chi connectivity index (χ0n) is 18.7. The molecule has 0 aromatic heterocycles. The summed E-state index contributed by atoms with van der Waals surface area (Å²) in [6.45, 7) is 3.51. The summed E-state index contributed by atoms with van der Waals surface area (Å²) in [5, 5.41) is 10.4. The van der Waals surface area contributed by atoms with Crippen molar-refractivity contribution >= 4 is 11.9 Å². The van der Waals surface area contributed by atoms with Crippen molar-refractivity contribution < 1.29 is 28.8 Å². The number of allylic oxidation sites excluding steroid dienone is 1. The number of Topliss-reactive ketones (excluding diaryl/α,β-unsaturated/α-hetero) is 1. The third-order valence-corrected chi connectivity index (χ3v) is 5.22. The standard InChI is InChI=1S/C24H29NO6/c1-6-7-10-25(2)14-17-18(26)9-8-16-22(27)19(31-23(16)17)11-15-12-20(28-3)24(30-5)21(13-15)29-4/h8-9,11-13,26H,6-7,10,14H2,1-5H3/b19-11-. The predicted octanol–water partition coefficient (Wildman–Crippen LogP) is 4.27. The van der Waals surface area contributed by atoms with Gasteiger partial charge in [0.2, 0.25) is 11.5 Å². The number of phenolic OH excluding ortho intramolecular Hbond substituents is 1. The molecular formula is C24H29NO6. The van der Waals surface area contributed by atoms with Gasteiger partial charge in [0.05, 0.1) is 32.5 Å². The fourth-order valence-corrected chi connectivity index (χ4v) is 3.56. The van der Waals surface area contributed by atoms with Crippen LogP contribution in [0.2, 0.25) is 0 Å². The van der Waals surface area contributed by atoms with Gasteiger partial charge in [-0.2, -0.15) is 0 Å². The maximum atomic E-state index is 13.0. The number of hydrogen-bond donors (Lipinski definition) is 1. The molecule has 0 atom stereocenters. The first-order valence-electron chi connectivity index (χ1n) is 10.2. The first kappa shape index (κ1) is 22.5. The topological polar surface area (TPSA) is 77.5 Å². The molecule has 7 nitrogen and oxygen atoms in total. The summed E-state index contributed by atoms with van der Waals surface area (Å²) in [6.07, 6.45) is 3.77. The monoisotopic (exact) mass is 427 g/mol. The van der Waals surface area contributed by atoms with Gasteiger partial charge in [-0.05, 0) is 55.9 Å². The van der Waals surface area contributed by atoms with Crippen molar-refractivity contribution in [3.05, 3.63) is 46.7 Å². The number of unbranched alkanes of at least 4 members (excludes halogenated alkanes) is 1. The minimum atomic E-state index is -0.235. The van der Waals surface area contributed by atoms with Gasteiger partial charge in [0, 0.05) is 6.54 Å². The van der Waals surface area contributed by atoms with Crippen LogP contribution >= 0.6 is 0 Å². The molecule has 7 heteroatoms. The van der Waals surface area contributed by atoms with Crippen LogP contribution < -0.4 is 18.9 Å². The van der Waals surface area contributed by atoms with Gasteiger partial charge in [0.15, 0.2) is 17.3 Å². The SMILES string of the molecule is CCCCN(C)Cc1c(O)ccc2c1O/C(=C\c1cc(OC)c(OC)c(OC)c1)C2=O. The van der Waals surface area contributed by atoms with Crippen LogP contribution in [-0.4, -0.2) is 50.7 Å². The molecule has 0 radical (unpaired) electrons. The number of rotatable bonds is 9. The number of carbonyl (C=O) groups excluding carboxylic acids is 1. The average molecular weight is 427 g/mol. The Labute approximate surface area is 182 Å². The van der Waals surface area contributed by atoms with Crippen LogP contribution in [0.1, 0.15) is 41.3 Å². The Morgan fingerprint density at radius 1 is 1.10 bits per heavy atom. The highest BCUT2D eigenvalue weighted by Crippen LogP contribution is 2.42. The number of carbonyl (C=O) groups is 1. The lowest BCUT2D eigenvalue weighted by Gasteiger charge is -2.18. The van der Waals surface area contributed by atoms with Gasteiger partial charge in [-0.15, -0.1) is 0 Å². The van der Waals surface area contributed by atoms with Crippen LogP contribution in [0.15, 0.2) is 30.0 Å². The summed E-state index contributed by atoms with van der Waals surface area (Å²) >= 11 is 0. The number of aromatic hydroxyl groups is 1. The number of phenols is 1. The van der Waals surface area contributed by atoms with E-state index in [2.05, 4.69) is 11.8 Å². The number of fused-ring (bicyclic) bond motifs is 1. The van der Waals surface area contributed by atoms with Gasteiger partial charge < -0.3 is 29.0 Å². The number of hydrogen-bond acceptors (Lipinski definition) is 7. The molecule has 0 fully saturated rings. The lowest BCUT2D eigenvalue weighted by Crippen LogP contribution is -2.19. The quantitative estimate of drug-likeness (QED) is 0.599. The van der Waals surface area contributed by atoms with E-state index in [-0.39, 0.29) is 17.3 Å². The molecule has 0 aliphatic carbocycles. The van der Waals surface area contributed by atoms with Crippen LogP contribution in [0.5, 0.6) is 28.7 Å². The van der Waals surface area contributed by atoms with E-state index in [1.165, 1.54) is 21.3 Å². The van der Waals surface area contributed by atoms with Crippen LogP contribution in [-0.2, 0) is 6.54 Å². The van der Waals surface area contributed by atoms with Gasteiger partial charge in [-0.25, -0.2) is 0 Å². The maximum Gasteiger partial charge on any atom is 0.231 e. The van der Waals surface area contributed by atoms with E-state index in [1.54, 1.807) is 30.3 Å². The fraction of sp³-hybridized carbons (Fsp3) is 0.375. The molecule has 1 aliphatic rings. The Morgan fingerprint density at radius 2 is 1.77 bits per heavy atom. The lowest BCUT2D eigenvalue weighted by atomic mass is 10.0. The number of methoxy groups -OCH3 is 3. The number of nitrogens with zero attached hydrogens (tertiary/aromatic N) is 1. The van der Waals surface area contributed by atoms with Crippen molar-refractivity contribution in [3.8, 4) is 28.7 Å². The van der Waals surface area contributed by atoms with E-state index in [1.807, 2.05) is 7.05 Å². The molecule has 3 rings (SSSR count). The van der Waals surface area contributed by atoms with Gasteiger partial charge in [0.25, 0.3) is 0 Å². The molecular weight excluding hydrogens is 398 g/mol. The van der Waals surface area contributed by atoms with Gasteiger partial charge in [0.1, 0.15) is 11.5 Å². The molecule has 2 aromatic rings. The van der Waals surface area contributed by atoms with Gasteiger partial charge in [-0.1, -0.05) is 13.3 Å². The van der Waals surface area contributed by atoms with E-state index in [9.17, 15) is 9.90 Å². The van der Waals surface area contributed by atoms with E-state index >= 15 is 0 Å². The highest BCUT2D eigenvalue weighted by molar-refractivity contribution is 6.15.